The van der Waals surface area contributed by atoms with Crippen molar-refractivity contribution in [3.63, 3.8) is 0 Å². The predicted octanol–water partition coefficient (Wildman–Crippen LogP) is 1.49. The molecule has 22 heavy (non-hydrogen) atoms. The van der Waals surface area contributed by atoms with Gasteiger partial charge in [0.25, 0.3) is 0 Å². The van der Waals surface area contributed by atoms with Gasteiger partial charge in [0.2, 0.25) is 5.91 Å². The van der Waals surface area contributed by atoms with Crippen LogP contribution in [-0.4, -0.2) is 55.4 Å². The van der Waals surface area contributed by atoms with Crippen molar-refractivity contribution in [3.05, 3.63) is 18.2 Å². The van der Waals surface area contributed by atoms with Gasteiger partial charge in [0.1, 0.15) is 11.5 Å². The Morgan fingerprint density at radius 2 is 1.77 bits per heavy atom. The number of anilines is 1. The monoisotopic (exact) mass is 308 g/mol. The molecule has 0 spiro atoms. The maximum atomic E-state index is 12.4. The molecule has 0 bridgehead atoms. The number of hydrogen-bond acceptors (Lipinski definition) is 5. The third kappa shape index (κ3) is 4.11. The first-order valence-electron chi connectivity index (χ1n) is 7.49. The summed E-state index contributed by atoms with van der Waals surface area (Å²) in [7, 11) is 3.14. The molecule has 0 aliphatic carbocycles. The van der Waals surface area contributed by atoms with Crippen molar-refractivity contribution in [1.29, 1.82) is 0 Å². The normalized spacial score (nSPS) is 17.8. The number of ether oxygens (including phenoxy) is 2. The first-order chi connectivity index (χ1) is 10.5. The zero-order valence-electron chi connectivity index (χ0n) is 13.3. The van der Waals surface area contributed by atoms with Crippen LogP contribution in [0.2, 0.25) is 0 Å². The number of amides is 1. The van der Waals surface area contributed by atoms with Gasteiger partial charge >= 0.3 is 0 Å². The van der Waals surface area contributed by atoms with E-state index >= 15 is 0 Å². The Kier molecular flexibility index (Phi) is 5.63. The smallest absolute Gasteiger partial charge is 0.241 e. The number of methoxy groups -OCH3 is 2. The van der Waals surface area contributed by atoms with Gasteiger partial charge in [0, 0.05) is 37.0 Å². The highest BCUT2D eigenvalue weighted by molar-refractivity contribution is 5.94. The van der Waals surface area contributed by atoms with E-state index in [9.17, 15) is 9.90 Å². The summed E-state index contributed by atoms with van der Waals surface area (Å²) in [6.45, 7) is 3.35. The van der Waals surface area contributed by atoms with Crippen LogP contribution >= 0.6 is 0 Å². The maximum absolute atomic E-state index is 12.4. The van der Waals surface area contributed by atoms with E-state index in [1.165, 1.54) is 0 Å². The number of nitrogens with zero attached hydrogens (tertiary/aromatic N) is 1. The molecule has 1 aromatic carbocycles. The molecule has 1 aliphatic heterocycles. The van der Waals surface area contributed by atoms with Gasteiger partial charge in [-0.15, -0.1) is 0 Å². The van der Waals surface area contributed by atoms with Crippen LogP contribution in [0.15, 0.2) is 18.2 Å². The second-order valence-corrected chi connectivity index (χ2v) is 5.53. The molecule has 0 saturated carbocycles. The summed E-state index contributed by atoms with van der Waals surface area (Å²) in [5, 5.41) is 12.4. The molecule has 0 radical (unpaired) electrons. The molecule has 1 amide bonds. The molecular formula is C16H24N2O4. The second kappa shape index (κ2) is 7.47. The molecule has 1 fully saturated rings. The zero-order chi connectivity index (χ0) is 16.1. The summed E-state index contributed by atoms with van der Waals surface area (Å²) in [6.07, 6.45) is 1.18. The number of aliphatic hydroxyl groups excluding tert-OH is 1. The van der Waals surface area contributed by atoms with Gasteiger partial charge in [-0.1, -0.05) is 0 Å². The van der Waals surface area contributed by atoms with Crippen LogP contribution in [0.25, 0.3) is 0 Å². The quantitative estimate of drug-likeness (QED) is 0.862. The van der Waals surface area contributed by atoms with Gasteiger partial charge in [-0.3, -0.25) is 9.69 Å². The highest BCUT2D eigenvalue weighted by atomic mass is 16.5. The predicted molar refractivity (Wildman–Crippen MR) is 84.5 cm³/mol. The second-order valence-electron chi connectivity index (χ2n) is 5.53. The standard InChI is InChI=1S/C16H24N2O4/c1-11(18-6-4-13(19)5-7-18)16(20)17-12-8-14(21-2)10-15(9-12)22-3/h8-11,13,19H,4-7H2,1-3H3,(H,17,20). The number of nitrogens with one attached hydrogen (secondary N) is 1. The Morgan fingerprint density at radius 3 is 2.27 bits per heavy atom. The van der Waals surface area contributed by atoms with Crippen LogP contribution in [0.4, 0.5) is 5.69 Å². The first kappa shape index (κ1) is 16.6. The SMILES string of the molecule is COc1cc(NC(=O)C(C)N2CCC(O)CC2)cc(OC)c1. The van der Waals surface area contributed by atoms with E-state index in [2.05, 4.69) is 10.2 Å². The van der Waals surface area contributed by atoms with E-state index in [0.29, 0.717) is 30.0 Å². The molecule has 1 aliphatic rings. The lowest BCUT2D eigenvalue weighted by atomic mass is 10.1. The van der Waals surface area contributed by atoms with Crippen LogP contribution in [0, 0.1) is 0 Å². The van der Waals surface area contributed by atoms with E-state index in [4.69, 9.17) is 9.47 Å². The van der Waals surface area contributed by atoms with Crippen LogP contribution in [-0.2, 0) is 4.79 Å². The van der Waals surface area contributed by atoms with Crippen molar-refractivity contribution in [1.82, 2.24) is 4.90 Å². The minimum Gasteiger partial charge on any atom is -0.497 e. The number of carbonyl (C=O) groups excluding carboxylic acids is 1. The molecule has 6 heteroatoms. The van der Waals surface area contributed by atoms with E-state index < -0.39 is 0 Å². The van der Waals surface area contributed by atoms with Gasteiger partial charge in [0.05, 0.1) is 26.4 Å². The summed E-state index contributed by atoms with van der Waals surface area (Å²) in [5.41, 5.74) is 0.644. The molecule has 0 aromatic heterocycles. The molecule has 1 heterocycles. The largest absolute Gasteiger partial charge is 0.497 e. The van der Waals surface area contributed by atoms with Crippen LogP contribution < -0.4 is 14.8 Å². The van der Waals surface area contributed by atoms with Crippen molar-refractivity contribution >= 4 is 11.6 Å². The minimum atomic E-state index is -0.246. The zero-order valence-corrected chi connectivity index (χ0v) is 13.3. The van der Waals surface area contributed by atoms with Gasteiger partial charge in [0.15, 0.2) is 0 Å². The molecule has 1 atom stereocenters. The van der Waals surface area contributed by atoms with Crippen molar-refractivity contribution in [2.75, 3.05) is 32.6 Å². The fourth-order valence-corrected chi connectivity index (χ4v) is 2.57. The lowest BCUT2D eigenvalue weighted by molar-refractivity contribution is -0.121. The van der Waals surface area contributed by atoms with E-state index in [1.54, 1.807) is 32.4 Å². The maximum Gasteiger partial charge on any atom is 0.241 e. The van der Waals surface area contributed by atoms with Gasteiger partial charge < -0.3 is 19.9 Å². The van der Waals surface area contributed by atoms with Gasteiger partial charge in [-0.25, -0.2) is 0 Å². The Labute approximate surface area is 131 Å². The molecule has 2 rings (SSSR count). The van der Waals surface area contributed by atoms with E-state index in [1.807, 2.05) is 6.92 Å². The molecular weight excluding hydrogens is 284 g/mol. The molecule has 1 aromatic rings. The Hall–Kier alpha value is -1.79. The number of piperidine rings is 1. The van der Waals surface area contributed by atoms with Crippen LogP contribution in [0.1, 0.15) is 19.8 Å². The number of likely N-dealkylation sites (tertiary alicyclic amines) is 1. The summed E-state index contributed by atoms with van der Waals surface area (Å²) in [6, 6.07) is 5.02. The third-order valence-electron chi connectivity index (χ3n) is 4.05. The molecule has 122 valence electrons. The fraction of sp³-hybridized carbons (Fsp3) is 0.562. The van der Waals surface area contributed by atoms with Crippen LogP contribution in [0.3, 0.4) is 0 Å². The number of aliphatic hydroxyl groups is 1. The van der Waals surface area contributed by atoms with Gasteiger partial charge in [-0.2, -0.15) is 0 Å². The number of carbonyl (C=O) groups is 1. The summed E-state index contributed by atoms with van der Waals surface area (Å²) in [4.78, 5) is 14.5. The average Bonchev–Trinajstić information content (AvgIpc) is 2.54. The van der Waals surface area contributed by atoms with Crippen molar-refractivity contribution in [2.45, 2.75) is 31.9 Å². The molecule has 1 saturated heterocycles. The third-order valence-corrected chi connectivity index (χ3v) is 4.05. The first-order valence-corrected chi connectivity index (χ1v) is 7.49. The average molecular weight is 308 g/mol. The molecule has 2 N–H and O–H groups in total. The van der Waals surface area contributed by atoms with Crippen LogP contribution in [0.5, 0.6) is 11.5 Å². The lowest BCUT2D eigenvalue weighted by Crippen LogP contribution is -2.47. The van der Waals surface area contributed by atoms with E-state index in [-0.39, 0.29) is 18.1 Å². The lowest BCUT2D eigenvalue weighted by Gasteiger charge is -2.33. The Morgan fingerprint density at radius 1 is 1.23 bits per heavy atom. The highest BCUT2D eigenvalue weighted by Gasteiger charge is 2.25. The summed E-state index contributed by atoms with van der Waals surface area (Å²) < 4.78 is 10.4. The van der Waals surface area contributed by atoms with Crippen molar-refractivity contribution < 1.29 is 19.4 Å². The molecule has 1 unspecified atom stereocenters. The summed E-state index contributed by atoms with van der Waals surface area (Å²) >= 11 is 0. The minimum absolute atomic E-state index is 0.0771. The van der Waals surface area contributed by atoms with Gasteiger partial charge in [-0.05, 0) is 19.8 Å². The number of benzene rings is 1. The fourth-order valence-electron chi connectivity index (χ4n) is 2.57. The topological polar surface area (TPSA) is 71.0 Å². The highest BCUT2D eigenvalue weighted by Crippen LogP contribution is 2.26. The Bertz CT molecular complexity index is 491. The molecule has 6 nitrogen and oxygen atoms in total. The van der Waals surface area contributed by atoms with E-state index in [0.717, 1.165) is 13.1 Å². The summed E-state index contributed by atoms with van der Waals surface area (Å²) in [5.74, 6) is 1.18. The van der Waals surface area contributed by atoms with Crippen molar-refractivity contribution in [2.24, 2.45) is 0 Å². The number of rotatable bonds is 5. The van der Waals surface area contributed by atoms with Crippen molar-refractivity contribution in [3.8, 4) is 11.5 Å². The Balaban J connectivity index is 2.01. The number of hydrogen-bond donors (Lipinski definition) is 2.